The molecule has 0 aliphatic carbocycles. The maximum absolute atomic E-state index is 5.82. The molecule has 2 heterocycles. The van der Waals surface area contributed by atoms with Crippen molar-refractivity contribution in [2.24, 2.45) is 5.73 Å². The van der Waals surface area contributed by atoms with Crippen LogP contribution < -0.4 is 5.73 Å². The molecule has 0 radical (unpaired) electrons. The fraction of sp³-hybridized carbons (Fsp3) is 0.273. The van der Waals surface area contributed by atoms with E-state index in [1.807, 2.05) is 13.0 Å². The molecule has 0 bridgehead atoms. The smallest absolute Gasteiger partial charge is 0.114 e. The molecule has 5 heteroatoms. The third kappa shape index (κ3) is 2.71. The van der Waals surface area contributed by atoms with E-state index in [0.717, 1.165) is 10.2 Å². The van der Waals surface area contributed by atoms with Crippen LogP contribution in [0.25, 0.3) is 0 Å². The maximum Gasteiger partial charge on any atom is 0.114 e. The number of halogens is 1. The van der Waals surface area contributed by atoms with Gasteiger partial charge in [-0.3, -0.25) is 0 Å². The van der Waals surface area contributed by atoms with Crippen molar-refractivity contribution >= 4 is 39.0 Å². The van der Waals surface area contributed by atoms with E-state index in [4.69, 9.17) is 10.2 Å². The number of furan rings is 1. The van der Waals surface area contributed by atoms with Crippen molar-refractivity contribution in [2.75, 3.05) is 6.54 Å². The molecule has 0 aromatic carbocycles. The molecular formula is C11H12BrNOS2. The zero-order valence-electron chi connectivity index (χ0n) is 8.77. The predicted octanol–water partition coefficient (Wildman–Crippen LogP) is 4.20. The van der Waals surface area contributed by atoms with Crippen LogP contribution in [0.4, 0.5) is 0 Å². The summed E-state index contributed by atoms with van der Waals surface area (Å²) in [5.41, 5.74) is 5.82. The zero-order chi connectivity index (χ0) is 11.5. The maximum atomic E-state index is 5.82. The first kappa shape index (κ1) is 12.2. The lowest BCUT2D eigenvalue weighted by molar-refractivity contribution is 0.527. The first-order valence-corrected chi connectivity index (χ1v) is 7.40. The molecule has 0 spiro atoms. The molecule has 2 rings (SSSR count). The topological polar surface area (TPSA) is 39.2 Å². The highest BCUT2D eigenvalue weighted by molar-refractivity contribution is 9.10. The average molecular weight is 318 g/mol. The van der Waals surface area contributed by atoms with E-state index in [2.05, 4.69) is 27.4 Å². The molecule has 2 N–H and O–H groups in total. The minimum Gasteiger partial charge on any atom is -0.468 e. The van der Waals surface area contributed by atoms with E-state index in [1.165, 1.54) is 9.77 Å². The van der Waals surface area contributed by atoms with Gasteiger partial charge in [-0.05, 0) is 35.0 Å². The van der Waals surface area contributed by atoms with Crippen molar-refractivity contribution in [3.63, 3.8) is 0 Å². The number of thioether (sulfide) groups is 1. The number of nitrogens with two attached hydrogens (primary N) is 1. The summed E-state index contributed by atoms with van der Waals surface area (Å²) in [5.74, 6) is 0.957. The summed E-state index contributed by atoms with van der Waals surface area (Å²) in [6.45, 7) is 2.60. The van der Waals surface area contributed by atoms with Crippen molar-refractivity contribution in [2.45, 2.75) is 17.1 Å². The van der Waals surface area contributed by atoms with Crippen LogP contribution in [0.15, 0.2) is 37.6 Å². The molecule has 1 atom stereocenters. The van der Waals surface area contributed by atoms with Gasteiger partial charge in [0.25, 0.3) is 0 Å². The SMILES string of the molecule is Cc1occc1SC(CN)c1cc(Br)cs1. The molecule has 0 fully saturated rings. The van der Waals surface area contributed by atoms with Crippen molar-refractivity contribution in [3.8, 4) is 0 Å². The van der Waals surface area contributed by atoms with Crippen LogP contribution in [-0.2, 0) is 0 Å². The van der Waals surface area contributed by atoms with Crippen LogP contribution in [0, 0.1) is 6.92 Å². The van der Waals surface area contributed by atoms with Gasteiger partial charge in [0, 0.05) is 26.2 Å². The molecule has 0 aliphatic heterocycles. The summed E-state index contributed by atoms with van der Waals surface area (Å²) in [6.07, 6.45) is 1.72. The first-order valence-electron chi connectivity index (χ1n) is 4.85. The molecule has 2 aromatic heterocycles. The van der Waals surface area contributed by atoms with Crippen molar-refractivity contribution < 1.29 is 4.42 Å². The standard InChI is InChI=1S/C11H12BrNOS2/c1-7-9(2-3-14-7)16-11(5-13)10-4-8(12)6-15-10/h2-4,6,11H,5,13H2,1H3. The van der Waals surface area contributed by atoms with Crippen molar-refractivity contribution in [3.05, 3.63) is 38.9 Å². The second kappa shape index (κ2) is 5.40. The molecule has 86 valence electrons. The minimum absolute atomic E-state index is 0.299. The second-order valence-electron chi connectivity index (χ2n) is 3.35. The fourth-order valence-electron chi connectivity index (χ4n) is 1.37. The molecule has 2 nitrogen and oxygen atoms in total. The van der Waals surface area contributed by atoms with Crippen LogP contribution in [0.3, 0.4) is 0 Å². The van der Waals surface area contributed by atoms with Crippen LogP contribution >= 0.6 is 39.0 Å². The summed E-state index contributed by atoms with van der Waals surface area (Å²) in [5, 5.41) is 2.38. The van der Waals surface area contributed by atoms with Gasteiger partial charge in [0.15, 0.2) is 0 Å². The number of aryl methyl sites for hydroxylation is 1. The van der Waals surface area contributed by atoms with Gasteiger partial charge in [0.2, 0.25) is 0 Å². The van der Waals surface area contributed by atoms with Gasteiger partial charge in [-0.15, -0.1) is 23.1 Å². The van der Waals surface area contributed by atoms with Gasteiger partial charge in [0.05, 0.1) is 11.5 Å². The van der Waals surface area contributed by atoms with Gasteiger partial charge in [-0.1, -0.05) is 0 Å². The van der Waals surface area contributed by atoms with Gasteiger partial charge >= 0.3 is 0 Å². The summed E-state index contributed by atoms with van der Waals surface area (Å²) in [6, 6.07) is 4.12. The van der Waals surface area contributed by atoms with Gasteiger partial charge in [-0.25, -0.2) is 0 Å². The van der Waals surface area contributed by atoms with Crippen molar-refractivity contribution in [1.82, 2.24) is 0 Å². The molecule has 2 aromatic rings. The Kier molecular flexibility index (Phi) is 4.13. The molecule has 0 aliphatic rings. The third-order valence-corrected chi connectivity index (χ3v) is 5.56. The monoisotopic (exact) mass is 317 g/mol. The normalized spacial score (nSPS) is 12.9. The Morgan fingerprint density at radius 3 is 2.94 bits per heavy atom. The second-order valence-corrected chi connectivity index (χ2v) is 6.45. The number of rotatable bonds is 4. The summed E-state index contributed by atoms with van der Waals surface area (Å²) in [4.78, 5) is 2.46. The highest BCUT2D eigenvalue weighted by Gasteiger charge is 2.15. The van der Waals surface area contributed by atoms with Crippen LogP contribution in [0.2, 0.25) is 0 Å². The highest BCUT2D eigenvalue weighted by atomic mass is 79.9. The van der Waals surface area contributed by atoms with Crippen LogP contribution in [0.5, 0.6) is 0 Å². The van der Waals surface area contributed by atoms with Gasteiger partial charge in [-0.2, -0.15) is 0 Å². The van der Waals surface area contributed by atoms with Gasteiger partial charge in [0.1, 0.15) is 5.76 Å². The Balaban J connectivity index is 2.15. The summed E-state index contributed by atoms with van der Waals surface area (Å²) < 4.78 is 6.40. The van der Waals surface area contributed by atoms with E-state index in [1.54, 1.807) is 29.4 Å². The Labute approximate surface area is 111 Å². The largest absolute Gasteiger partial charge is 0.468 e. The molecular weight excluding hydrogens is 306 g/mol. The Morgan fingerprint density at radius 1 is 1.62 bits per heavy atom. The zero-order valence-corrected chi connectivity index (χ0v) is 12.0. The lowest BCUT2D eigenvalue weighted by atomic mass is 10.3. The highest BCUT2D eigenvalue weighted by Crippen LogP contribution is 2.39. The molecule has 0 amide bonds. The van der Waals surface area contributed by atoms with Gasteiger partial charge < -0.3 is 10.2 Å². The molecule has 0 saturated heterocycles. The number of thiophene rings is 1. The molecule has 16 heavy (non-hydrogen) atoms. The quantitative estimate of drug-likeness (QED) is 0.859. The summed E-state index contributed by atoms with van der Waals surface area (Å²) >= 11 is 6.95. The summed E-state index contributed by atoms with van der Waals surface area (Å²) in [7, 11) is 0. The lowest BCUT2D eigenvalue weighted by Crippen LogP contribution is -2.07. The van der Waals surface area contributed by atoms with Crippen LogP contribution in [-0.4, -0.2) is 6.54 Å². The number of hydrogen-bond donors (Lipinski definition) is 1. The van der Waals surface area contributed by atoms with E-state index < -0.39 is 0 Å². The molecule has 0 saturated carbocycles. The number of hydrogen-bond acceptors (Lipinski definition) is 4. The van der Waals surface area contributed by atoms with E-state index >= 15 is 0 Å². The minimum atomic E-state index is 0.299. The first-order chi connectivity index (χ1) is 7.70. The Bertz CT molecular complexity index is 466. The third-order valence-electron chi connectivity index (χ3n) is 2.20. The van der Waals surface area contributed by atoms with Crippen LogP contribution in [0.1, 0.15) is 15.9 Å². The Morgan fingerprint density at radius 2 is 2.44 bits per heavy atom. The fourth-order valence-corrected chi connectivity index (χ4v) is 4.05. The average Bonchev–Trinajstić information content (AvgIpc) is 2.85. The molecule has 1 unspecified atom stereocenters. The predicted molar refractivity (Wildman–Crippen MR) is 73.1 cm³/mol. The lowest BCUT2D eigenvalue weighted by Gasteiger charge is -2.11. The van der Waals surface area contributed by atoms with E-state index in [-0.39, 0.29) is 0 Å². The Hall–Kier alpha value is -0.230. The van der Waals surface area contributed by atoms with E-state index in [0.29, 0.717) is 11.8 Å². The van der Waals surface area contributed by atoms with E-state index in [9.17, 15) is 0 Å². The van der Waals surface area contributed by atoms with Crippen molar-refractivity contribution in [1.29, 1.82) is 0 Å².